The van der Waals surface area contributed by atoms with Crippen molar-refractivity contribution >= 4 is 17.3 Å². The third-order valence-electron chi connectivity index (χ3n) is 4.33. The molecule has 0 amide bonds. The number of rotatable bonds is 4. The largest absolute Gasteiger partial charge is 0.356 e. The van der Waals surface area contributed by atoms with E-state index in [1.54, 1.807) is 6.33 Å². The predicted octanol–water partition coefficient (Wildman–Crippen LogP) is 4.08. The fourth-order valence-corrected chi connectivity index (χ4v) is 3.04. The summed E-state index contributed by atoms with van der Waals surface area (Å²) in [4.78, 5) is 11.2. The van der Waals surface area contributed by atoms with Gasteiger partial charge in [0.15, 0.2) is 0 Å². The van der Waals surface area contributed by atoms with Gasteiger partial charge in [-0.05, 0) is 43.7 Å². The molecule has 4 nitrogen and oxygen atoms in total. The molecule has 0 radical (unpaired) electrons. The molecule has 0 unspecified atom stereocenters. The van der Waals surface area contributed by atoms with Gasteiger partial charge in [-0.3, -0.25) is 0 Å². The van der Waals surface area contributed by atoms with E-state index in [1.165, 1.54) is 36.1 Å². The first-order valence-electron chi connectivity index (χ1n) is 8.20. The van der Waals surface area contributed by atoms with Gasteiger partial charge in [0.2, 0.25) is 0 Å². The summed E-state index contributed by atoms with van der Waals surface area (Å²) in [5.74, 6) is 1.91. The van der Waals surface area contributed by atoms with Crippen molar-refractivity contribution in [2.75, 3.05) is 23.3 Å². The van der Waals surface area contributed by atoms with Gasteiger partial charge in [0, 0.05) is 24.8 Å². The van der Waals surface area contributed by atoms with E-state index in [1.807, 2.05) is 0 Å². The Morgan fingerprint density at radius 3 is 2.73 bits per heavy atom. The SMILES string of the molecule is CCc1cccc(C)c1Nc1cc(N2CCCCC2)ncn1. The van der Waals surface area contributed by atoms with Crippen LogP contribution in [0.25, 0.3) is 0 Å². The Labute approximate surface area is 132 Å². The molecular formula is C18H24N4. The molecular weight excluding hydrogens is 272 g/mol. The van der Waals surface area contributed by atoms with Gasteiger partial charge in [-0.25, -0.2) is 9.97 Å². The van der Waals surface area contributed by atoms with E-state index in [9.17, 15) is 0 Å². The van der Waals surface area contributed by atoms with E-state index in [2.05, 4.69) is 58.3 Å². The van der Waals surface area contributed by atoms with Crippen LogP contribution in [0.5, 0.6) is 0 Å². The minimum absolute atomic E-state index is 0.875. The van der Waals surface area contributed by atoms with Crippen LogP contribution >= 0.6 is 0 Å². The summed E-state index contributed by atoms with van der Waals surface area (Å²) < 4.78 is 0. The molecule has 2 aromatic rings. The van der Waals surface area contributed by atoms with Gasteiger partial charge in [0.05, 0.1) is 0 Å². The lowest BCUT2D eigenvalue weighted by molar-refractivity contribution is 0.573. The molecule has 22 heavy (non-hydrogen) atoms. The molecule has 1 aliphatic rings. The van der Waals surface area contributed by atoms with Gasteiger partial charge in [-0.15, -0.1) is 0 Å². The molecule has 0 aliphatic carbocycles. The van der Waals surface area contributed by atoms with Gasteiger partial charge in [-0.1, -0.05) is 25.1 Å². The molecule has 116 valence electrons. The number of anilines is 3. The minimum atomic E-state index is 0.875. The summed E-state index contributed by atoms with van der Waals surface area (Å²) in [5.41, 5.74) is 3.74. The first-order chi connectivity index (χ1) is 10.8. The molecule has 0 bridgehead atoms. The number of hydrogen-bond acceptors (Lipinski definition) is 4. The van der Waals surface area contributed by atoms with E-state index < -0.39 is 0 Å². The summed E-state index contributed by atoms with van der Waals surface area (Å²) in [6, 6.07) is 8.48. The quantitative estimate of drug-likeness (QED) is 0.923. The number of aromatic nitrogens is 2. The lowest BCUT2D eigenvalue weighted by Gasteiger charge is -2.27. The third-order valence-corrected chi connectivity index (χ3v) is 4.33. The standard InChI is InChI=1S/C18H24N4/c1-3-15-9-7-8-14(2)18(15)21-16-12-17(20-13-19-16)22-10-5-4-6-11-22/h7-9,12-13H,3-6,10-11H2,1-2H3,(H,19,20,21). The molecule has 1 saturated heterocycles. The summed E-state index contributed by atoms with van der Waals surface area (Å²) >= 11 is 0. The monoisotopic (exact) mass is 296 g/mol. The zero-order valence-electron chi connectivity index (χ0n) is 13.5. The Morgan fingerprint density at radius 2 is 1.95 bits per heavy atom. The number of benzene rings is 1. The van der Waals surface area contributed by atoms with Crippen LogP contribution in [0, 0.1) is 6.92 Å². The van der Waals surface area contributed by atoms with Gasteiger partial charge < -0.3 is 10.2 Å². The van der Waals surface area contributed by atoms with Crippen molar-refractivity contribution in [3.05, 3.63) is 41.7 Å². The summed E-state index contributed by atoms with van der Waals surface area (Å²) in [7, 11) is 0. The average Bonchev–Trinajstić information content (AvgIpc) is 2.58. The van der Waals surface area contributed by atoms with Crippen LogP contribution in [0.4, 0.5) is 17.3 Å². The Hall–Kier alpha value is -2.10. The second kappa shape index (κ2) is 6.77. The lowest BCUT2D eigenvalue weighted by Crippen LogP contribution is -2.30. The average molecular weight is 296 g/mol. The molecule has 1 aromatic carbocycles. The maximum Gasteiger partial charge on any atom is 0.135 e. The van der Waals surface area contributed by atoms with Crippen LogP contribution in [0.15, 0.2) is 30.6 Å². The molecule has 1 N–H and O–H groups in total. The normalized spacial score (nSPS) is 14.9. The van der Waals surface area contributed by atoms with Crippen LogP contribution in [-0.2, 0) is 6.42 Å². The summed E-state index contributed by atoms with van der Waals surface area (Å²) in [6.45, 7) is 6.51. The fraction of sp³-hybridized carbons (Fsp3) is 0.444. The van der Waals surface area contributed by atoms with Crippen LogP contribution in [0.3, 0.4) is 0 Å². The van der Waals surface area contributed by atoms with E-state index >= 15 is 0 Å². The highest BCUT2D eigenvalue weighted by Gasteiger charge is 2.13. The fourth-order valence-electron chi connectivity index (χ4n) is 3.04. The number of hydrogen-bond donors (Lipinski definition) is 1. The second-order valence-electron chi connectivity index (χ2n) is 5.90. The summed E-state index contributed by atoms with van der Waals surface area (Å²) in [6.07, 6.45) is 6.51. The molecule has 0 atom stereocenters. The molecule has 1 fully saturated rings. The van der Waals surface area contributed by atoms with Gasteiger partial charge in [0.1, 0.15) is 18.0 Å². The molecule has 4 heteroatoms. The van der Waals surface area contributed by atoms with E-state index in [4.69, 9.17) is 0 Å². The smallest absolute Gasteiger partial charge is 0.135 e. The highest BCUT2D eigenvalue weighted by molar-refractivity contribution is 5.66. The molecule has 1 aromatic heterocycles. The molecule has 0 saturated carbocycles. The Kier molecular flexibility index (Phi) is 4.56. The number of piperidine rings is 1. The molecule has 1 aliphatic heterocycles. The molecule has 0 spiro atoms. The Morgan fingerprint density at radius 1 is 1.14 bits per heavy atom. The van der Waals surface area contributed by atoms with Crippen molar-refractivity contribution in [2.24, 2.45) is 0 Å². The van der Waals surface area contributed by atoms with Crippen molar-refractivity contribution in [1.29, 1.82) is 0 Å². The van der Waals surface area contributed by atoms with Crippen molar-refractivity contribution in [3.8, 4) is 0 Å². The van der Waals surface area contributed by atoms with Crippen molar-refractivity contribution < 1.29 is 0 Å². The van der Waals surface area contributed by atoms with Gasteiger partial charge in [0.25, 0.3) is 0 Å². The van der Waals surface area contributed by atoms with Crippen molar-refractivity contribution in [3.63, 3.8) is 0 Å². The van der Waals surface area contributed by atoms with E-state index in [-0.39, 0.29) is 0 Å². The first-order valence-corrected chi connectivity index (χ1v) is 8.20. The van der Waals surface area contributed by atoms with E-state index in [0.29, 0.717) is 0 Å². The number of para-hydroxylation sites is 1. The predicted molar refractivity (Wildman–Crippen MR) is 91.9 cm³/mol. The van der Waals surface area contributed by atoms with Gasteiger partial charge >= 0.3 is 0 Å². The van der Waals surface area contributed by atoms with Crippen LogP contribution in [0.1, 0.15) is 37.3 Å². The summed E-state index contributed by atoms with van der Waals surface area (Å²) in [5, 5.41) is 3.49. The van der Waals surface area contributed by atoms with E-state index in [0.717, 1.165) is 31.1 Å². The first kappa shape index (κ1) is 14.8. The number of nitrogens with zero attached hydrogens (tertiary/aromatic N) is 3. The van der Waals surface area contributed by atoms with Crippen molar-refractivity contribution in [2.45, 2.75) is 39.5 Å². The number of aryl methyl sites for hydroxylation is 2. The zero-order chi connectivity index (χ0) is 15.4. The lowest BCUT2D eigenvalue weighted by atomic mass is 10.1. The van der Waals surface area contributed by atoms with Crippen molar-refractivity contribution in [1.82, 2.24) is 9.97 Å². The maximum atomic E-state index is 4.44. The Balaban J connectivity index is 1.84. The Bertz CT molecular complexity index is 633. The second-order valence-corrected chi connectivity index (χ2v) is 5.90. The van der Waals surface area contributed by atoms with Crippen LogP contribution in [-0.4, -0.2) is 23.1 Å². The number of nitrogens with one attached hydrogen (secondary N) is 1. The third kappa shape index (κ3) is 3.21. The van der Waals surface area contributed by atoms with Crippen LogP contribution in [0.2, 0.25) is 0 Å². The molecule has 3 rings (SSSR count). The highest BCUT2D eigenvalue weighted by Crippen LogP contribution is 2.26. The highest BCUT2D eigenvalue weighted by atomic mass is 15.2. The zero-order valence-corrected chi connectivity index (χ0v) is 13.5. The van der Waals surface area contributed by atoms with Crippen LogP contribution < -0.4 is 10.2 Å². The maximum absolute atomic E-state index is 4.44. The van der Waals surface area contributed by atoms with Gasteiger partial charge in [-0.2, -0.15) is 0 Å². The molecule has 2 heterocycles. The topological polar surface area (TPSA) is 41.0 Å². The minimum Gasteiger partial charge on any atom is -0.356 e.